The Balaban J connectivity index is 1.03. The third-order valence-corrected chi connectivity index (χ3v) is 7.41. The van der Waals surface area contributed by atoms with Crippen molar-refractivity contribution in [2.45, 2.75) is 12.8 Å². The van der Waals surface area contributed by atoms with Crippen molar-refractivity contribution in [1.29, 1.82) is 0 Å². The molecule has 0 amide bonds. The van der Waals surface area contributed by atoms with E-state index in [0.29, 0.717) is 42.4 Å². The van der Waals surface area contributed by atoms with E-state index in [1.807, 2.05) is 18.2 Å². The molecule has 0 bridgehead atoms. The summed E-state index contributed by atoms with van der Waals surface area (Å²) < 4.78 is 17.6. The minimum absolute atomic E-state index is 0.271. The van der Waals surface area contributed by atoms with Gasteiger partial charge in [-0.1, -0.05) is 0 Å². The molecule has 6 rings (SSSR count). The van der Waals surface area contributed by atoms with Crippen molar-refractivity contribution < 1.29 is 13.9 Å². The minimum Gasteiger partial charge on any atom is -0.491 e. The molecule has 2 saturated heterocycles. The molecular weight excluding hydrogens is 498 g/mol. The molecule has 0 radical (unpaired) electrons. The Morgan fingerprint density at radius 3 is 2.59 bits per heavy atom. The summed E-state index contributed by atoms with van der Waals surface area (Å²) in [7, 11) is 1.68. The van der Waals surface area contributed by atoms with E-state index in [2.05, 4.69) is 46.9 Å². The van der Waals surface area contributed by atoms with Crippen molar-refractivity contribution in [3.63, 3.8) is 0 Å². The van der Waals surface area contributed by atoms with Crippen molar-refractivity contribution in [2.24, 2.45) is 5.92 Å². The zero-order valence-corrected chi connectivity index (χ0v) is 22.3. The normalized spacial score (nSPS) is 18.6. The summed E-state index contributed by atoms with van der Waals surface area (Å²) in [5.41, 5.74) is 7.48. The summed E-state index contributed by atoms with van der Waals surface area (Å²) in [6.45, 7) is 8.16. The van der Waals surface area contributed by atoms with Crippen LogP contribution in [0.25, 0.3) is 17.4 Å². The van der Waals surface area contributed by atoms with Crippen molar-refractivity contribution in [3.8, 4) is 17.3 Å². The zero-order valence-electron chi connectivity index (χ0n) is 22.3. The number of piperazine rings is 1. The van der Waals surface area contributed by atoms with E-state index in [4.69, 9.17) is 19.6 Å². The Labute approximate surface area is 227 Å². The molecular formula is C27H35N9O3. The quantitative estimate of drug-likeness (QED) is 0.319. The molecule has 206 valence electrons. The first-order chi connectivity index (χ1) is 19.2. The predicted octanol–water partition coefficient (Wildman–Crippen LogP) is 2.43. The first-order valence-corrected chi connectivity index (χ1v) is 13.5. The third-order valence-electron chi connectivity index (χ3n) is 7.41. The molecule has 3 aromatic heterocycles. The maximum Gasteiger partial charge on any atom is 0.259 e. The fraction of sp³-hybridized carbons (Fsp3) is 0.481. The Bertz CT molecular complexity index is 1350. The smallest absolute Gasteiger partial charge is 0.259 e. The second-order valence-corrected chi connectivity index (χ2v) is 10.1. The van der Waals surface area contributed by atoms with Crippen LogP contribution in [0.1, 0.15) is 12.8 Å². The highest BCUT2D eigenvalue weighted by atomic mass is 16.5. The average molecular weight is 534 g/mol. The Hall–Kier alpha value is -3.90. The molecule has 39 heavy (non-hydrogen) atoms. The number of rotatable bonds is 9. The average Bonchev–Trinajstić information content (AvgIpc) is 3.65. The predicted molar refractivity (Wildman–Crippen MR) is 148 cm³/mol. The first-order valence-electron chi connectivity index (χ1n) is 13.5. The number of nitrogens with two attached hydrogens (primary N) is 1. The van der Waals surface area contributed by atoms with Crippen molar-refractivity contribution in [1.82, 2.24) is 29.5 Å². The lowest BCUT2D eigenvalue weighted by Gasteiger charge is -2.40. The highest BCUT2D eigenvalue weighted by molar-refractivity contribution is 5.53. The Morgan fingerprint density at radius 2 is 1.82 bits per heavy atom. The lowest BCUT2D eigenvalue weighted by atomic mass is 9.97. The van der Waals surface area contributed by atoms with Crippen LogP contribution < -0.4 is 20.3 Å². The van der Waals surface area contributed by atoms with Gasteiger partial charge in [0, 0.05) is 58.6 Å². The summed E-state index contributed by atoms with van der Waals surface area (Å²) in [4.78, 5) is 21.0. The van der Waals surface area contributed by atoms with Crippen LogP contribution in [0.4, 0.5) is 17.6 Å². The van der Waals surface area contributed by atoms with Crippen LogP contribution in [0, 0.1) is 5.92 Å². The van der Waals surface area contributed by atoms with Gasteiger partial charge in [-0.2, -0.15) is 19.5 Å². The van der Waals surface area contributed by atoms with E-state index in [0.717, 1.165) is 58.0 Å². The van der Waals surface area contributed by atoms with Crippen LogP contribution in [-0.4, -0.2) is 95.6 Å². The fourth-order valence-electron chi connectivity index (χ4n) is 5.39. The summed E-state index contributed by atoms with van der Waals surface area (Å²) in [5.74, 6) is 3.76. The second-order valence-electron chi connectivity index (χ2n) is 10.1. The van der Waals surface area contributed by atoms with Crippen LogP contribution in [0.3, 0.4) is 0 Å². The van der Waals surface area contributed by atoms with Gasteiger partial charge in [-0.3, -0.25) is 4.90 Å². The second kappa shape index (κ2) is 11.5. The fourth-order valence-corrected chi connectivity index (χ4v) is 5.39. The molecule has 12 heteroatoms. The van der Waals surface area contributed by atoms with E-state index < -0.39 is 0 Å². The summed E-state index contributed by atoms with van der Waals surface area (Å²) in [6, 6.07) is 12.0. The molecule has 2 aliphatic heterocycles. The number of ether oxygens (including phenoxy) is 2. The monoisotopic (exact) mass is 533 g/mol. The van der Waals surface area contributed by atoms with Gasteiger partial charge in [-0.15, -0.1) is 5.10 Å². The van der Waals surface area contributed by atoms with Gasteiger partial charge in [-0.25, -0.2) is 0 Å². The molecule has 0 aliphatic carbocycles. The lowest BCUT2D eigenvalue weighted by molar-refractivity contribution is 0.146. The number of fused-ring (bicyclic) bond motifs is 1. The largest absolute Gasteiger partial charge is 0.491 e. The summed E-state index contributed by atoms with van der Waals surface area (Å²) in [6.07, 6.45) is 3.89. The standard InChI is InChI=1S/C27H35N9O3/c1-37-16-17-38-22-8-6-21(7-9-22)34-13-11-33(12-14-34)18-20-4-2-10-35(19-20)26-30-25(28)36-27(31-26)29-24(32-36)23-5-3-15-39-23/h3,5-9,15,20H,2,4,10-14,16-19H2,1H3,(H2,28,29,30,31,32). The van der Waals surface area contributed by atoms with Crippen LogP contribution in [0.2, 0.25) is 0 Å². The number of hydrogen-bond donors (Lipinski definition) is 1. The number of piperidine rings is 1. The number of nitrogens with zero attached hydrogens (tertiary/aromatic N) is 8. The number of furan rings is 1. The van der Waals surface area contributed by atoms with Gasteiger partial charge in [0.2, 0.25) is 17.7 Å². The summed E-state index contributed by atoms with van der Waals surface area (Å²) >= 11 is 0. The molecule has 1 aromatic carbocycles. The van der Waals surface area contributed by atoms with Gasteiger partial charge < -0.3 is 29.4 Å². The van der Waals surface area contributed by atoms with Gasteiger partial charge in [0.15, 0.2) is 5.76 Å². The van der Waals surface area contributed by atoms with E-state index in [-0.39, 0.29) is 5.95 Å². The van der Waals surface area contributed by atoms with Gasteiger partial charge >= 0.3 is 0 Å². The van der Waals surface area contributed by atoms with E-state index in [9.17, 15) is 0 Å². The molecule has 0 spiro atoms. The number of aromatic nitrogens is 5. The van der Waals surface area contributed by atoms with Crippen LogP contribution in [-0.2, 0) is 4.74 Å². The van der Waals surface area contributed by atoms with Crippen LogP contribution in [0.5, 0.6) is 5.75 Å². The lowest BCUT2D eigenvalue weighted by Crippen LogP contribution is -2.49. The minimum atomic E-state index is 0.271. The van der Waals surface area contributed by atoms with E-state index >= 15 is 0 Å². The van der Waals surface area contributed by atoms with Crippen LogP contribution >= 0.6 is 0 Å². The van der Waals surface area contributed by atoms with Crippen molar-refractivity contribution in [3.05, 3.63) is 42.7 Å². The number of nitrogen functional groups attached to an aromatic ring is 1. The zero-order chi connectivity index (χ0) is 26.6. The van der Waals surface area contributed by atoms with E-state index in [1.54, 1.807) is 19.4 Å². The van der Waals surface area contributed by atoms with Gasteiger partial charge in [0.25, 0.3) is 5.78 Å². The van der Waals surface area contributed by atoms with Crippen molar-refractivity contribution >= 4 is 23.4 Å². The SMILES string of the molecule is COCCOc1ccc(N2CCN(CC3CCCN(c4nc(N)n5nc(-c6ccco6)nc5n4)C3)CC2)cc1. The van der Waals surface area contributed by atoms with Gasteiger partial charge in [0.05, 0.1) is 12.9 Å². The number of hydrogen-bond acceptors (Lipinski definition) is 11. The van der Waals surface area contributed by atoms with Gasteiger partial charge in [0.1, 0.15) is 12.4 Å². The Kier molecular flexibility index (Phi) is 7.46. The molecule has 2 N–H and O–H groups in total. The molecule has 0 saturated carbocycles. The molecule has 1 unspecified atom stereocenters. The maximum absolute atomic E-state index is 6.24. The third kappa shape index (κ3) is 5.76. The topological polar surface area (TPSA) is 123 Å². The van der Waals surface area contributed by atoms with Crippen molar-refractivity contribution in [2.75, 3.05) is 81.7 Å². The molecule has 12 nitrogen and oxygen atoms in total. The number of anilines is 3. The van der Waals surface area contributed by atoms with Crippen LogP contribution in [0.15, 0.2) is 47.1 Å². The molecule has 2 fully saturated rings. The van der Waals surface area contributed by atoms with Gasteiger partial charge in [-0.05, 0) is 55.2 Å². The first kappa shape index (κ1) is 25.4. The molecule has 2 aliphatic rings. The molecule has 1 atom stereocenters. The highest BCUT2D eigenvalue weighted by Crippen LogP contribution is 2.25. The molecule has 5 heterocycles. The maximum atomic E-state index is 6.24. The van der Waals surface area contributed by atoms with E-state index in [1.165, 1.54) is 16.6 Å². The number of benzene rings is 1. The summed E-state index contributed by atoms with van der Waals surface area (Å²) in [5, 5.41) is 4.40. The molecule has 4 aromatic rings. The highest BCUT2D eigenvalue weighted by Gasteiger charge is 2.27. The Morgan fingerprint density at radius 1 is 0.974 bits per heavy atom. The number of methoxy groups -OCH3 is 1.